The molecular weight excluding hydrogens is 286 g/mol. The average molecular weight is 305 g/mol. The van der Waals surface area contributed by atoms with Crippen molar-refractivity contribution in [1.29, 1.82) is 0 Å². The van der Waals surface area contributed by atoms with Crippen molar-refractivity contribution >= 4 is 11.7 Å². The summed E-state index contributed by atoms with van der Waals surface area (Å²) >= 11 is 0. The number of amidine groups is 1. The maximum absolute atomic E-state index is 12.6. The van der Waals surface area contributed by atoms with Crippen LogP contribution < -0.4 is 5.73 Å². The highest BCUT2D eigenvalue weighted by Gasteiger charge is 2.29. The molecule has 2 aromatic rings. The Balaban J connectivity index is 1.68. The van der Waals surface area contributed by atoms with Gasteiger partial charge in [0.1, 0.15) is 5.84 Å². The van der Waals surface area contributed by atoms with E-state index >= 15 is 0 Å². The zero-order chi connectivity index (χ0) is 16.0. The minimum atomic E-state index is 0.0659. The first-order valence-corrected chi connectivity index (χ1v) is 7.93. The lowest BCUT2D eigenvalue weighted by Crippen LogP contribution is -2.38. The van der Waals surface area contributed by atoms with Crippen LogP contribution in [0.5, 0.6) is 0 Å². The van der Waals surface area contributed by atoms with Gasteiger partial charge in [-0.3, -0.25) is 9.79 Å². The Labute approximate surface area is 135 Å². The number of benzene rings is 2. The summed E-state index contributed by atoms with van der Waals surface area (Å²) in [5, 5.41) is 0. The molecule has 0 bridgehead atoms. The van der Waals surface area contributed by atoms with Gasteiger partial charge in [-0.15, -0.1) is 0 Å². The second-order valence-electron chi connectivity index (χ2n) is 6.26. The summed E-state index contributed by atoms with van der Waals surface area (Å²) in [6, 6.07) is 14.5. The highest BCUT2D eigenvalue weighted by molar-refractivity contribution is 6.01. The molecule has 23 heavy (non-hydrogen) atoms. The highest BCUT2D eigenvalue weighted by atomic mass is 16.2. The molecule has 0 fully saturated rings. The van der Waals surface area contributed by atoms with Gasteiger partial charge in [-0.2, -0.15) is 0 Å². The van der Waals surface area contributed by atoms with Crippen LogP contribution in [0.1, 0.15) is 40.8 Å². The van der Waals surface area contributed by atoms with Crippen molar-refractivity contribution in [1.82, 2.24) is 4.90 Å². The predicted molar refractivity (Wildman–Crippen MR) is 90.0 cm³/mol. The van der Waals surface area contributed by atoms with Crippen LogP contribution in [-0.4, -0.2) is 16.6 Å². The molecule has 2 heterocycles. The largest absolute Gasteiger partial charge is 0.383 e. The number of hydrogen-bond donors (Lipinski definition) is 1. The van der Waals surface area contributed by atoms with E-state index in [9.17, 15) is 4.79 Å². The van der Waals surface area contributed by atoms with E-state index in [1.807, 2.05) is 23.1 Å². The van der Waals surface area contributed by atoms with Gasteiger partial charge in [-0.25, -0.2) is 0 Å². The first kappa shape index (κ1) is 14.0. The fourth-order valence-electron chi connectivity index (χ4n) is 3.48. The first-order chi connectivity index (χ1) is 11.1. The molecule has 1 atom stereocenters. The third-order valence-corrected chi connectivity index (χ3v) is 4.87. The molecule has 0 saturated carbocycles. The number of rotatable bonds is 2. The standard InChI is InChI=1S/C19H19N3O/c1-12(13-5-3-2-4-6-13)22-11-16-8-17-15(10-21-19(17)20)7-14(16)9-18(22)23/h2-8,12H,9-11H2,1H3,(H2,20,21)/t12-/m1/s1. The number of carbonyl (C=O) groups is 1. The molecule has 0 saturated heterocycles. The van der Waals surface area contributed by atoms with Crippen LogP contribution in [0.15, 0.2) is 47.5 Å². The van der Waals surface area contributed by atoms with Gasteiger partial charge < -0.3 is 10.6 Å². The topological polar surface area (TPSA) is 58.7 Å². The van der Waals surface area contributed by atoms with Gasteiger partial charge in [0.15, 0.2) is 0 Å². The Morgan fingerprint density at radius 3 is 2.70 bits per heavy atom. The molecule has 4 heteroatoms. The van der Waals surface area contributed by atoms with E-state index in [1.165, 1.54) is 5.56 Å². The number of hydrogen-bond acceptors (Lipinski definition) is 3. The molecular formula is C19H19N3O. The highest BCUT2D eigenvalue weighted by Crippen LogP contribution is 2.31. The van der Waals surface area contributed by atoms with Gasteiger partial charge in [0.2, 0.25) is 5.91 Å². The third-order valence-electron chi connectivity index (χ3n) is 4.87. The Kier molecular flexibility index (Phi) is 3.18. The predicted octanol–water partition coefficient (Wildman–Crippen LogP) is 2.55. The Bertz CT molecular complexity index is 811. The maximum atomic E-state index is 12.6. The van der Waals surface area contributed by atoms with Crippen LogP contribution in [0.4, 0.5) is 0 Å². The van der Waals surface area contributed by atoms with Crippen molar-refractivity contribution in [2.45, 2.75) is 32.5 Å². The zero-order valence-electron chi connectivity index (χ0n) is 13.1. The smallest absolute Gasteiger partial charge is 0.227 e. The fraction of sp³-hybridized carbons (Fsp3) is 0.263. The van der Waals surface area contributed by atoms with Crippen molar-refractivity contribution in [3.05, 3.63) is 70.3 Å². The van der Waals surface area contributed by atoms with Crippen molar-refractivity contribution in [3.8, 4) is 0 Å². The lowest BCUT2D eigenvalue weighted by molar-refractivity contribution is -0.134. The number of carbonyl (C=O) groups excluding carboxylic acids is 1. The van der Waals surface area contributed by atoms with Crippen LogP contribution >= 0.6 is 0 Å². The van der Waals surface area contributed by atoms with E-state index in [0.717, 1.165) is 22.3 Å². The monoisotopic (exact) mass is 305 g/mol. The minimum Gasteiger partial charge on any atom is -0.383 e. The second kappa shape index (κ2) is 5.23. The maximum Gasteiger partial charge on any atom is 0.227 e. The molecule has 1 amide bonds. The van der Waals surface area contributed by atoms with E-state index in [4.69, 9.17) is 5.73 Å². The lowest BCUT2D eigenvalue weighted by Gasteiger charge is -2.34. The van der Waals surface area contributed by atoms with Crippen LogP contribution in [-0.2, 0) is 24.3 Å². The SMILES string of the molecule is C[C@H](c1ccccc1)N1Cc2cc3c(cc2CC1=O)CN=C3N. The Morgan fingerprint density at radius 2 is 1.91 bits per heavy atom. The van der Waals surface area contributed by atoms with Gasteiger partial charge >= 0.3 is 0 Å². The normalized spacial score (nSPS) is 17.5. The molecule has 116 valence electrons. The molecule has 0 spiro atoms. The zero-order valence-corrected chi connectivity index (χ0v) is 13.1. The number of nitrogens with zero attached hydrogens (tertiary/aromatic N) is 2. The molecule has 0 aliphatic carbocycles. The molecule has 2 aliphatic heterocycles. The first-order valence-electron chi connectivity index (χ1n) is 7.93. The van der Waals surface area contributed by atoms with Gasteiger partial charge in [-0.1, -0.05) is 36.4 Å². The van der Waals surface area contributed by atoms with Gasteiger partial charge in [0.05, 0.1) is 19.0 Å². The quantitative estimate of drug-likeness (QED) is 0.927. The Hall–Kier alpha value is -2.62. The van der Waals surface area contributed by atoms with Crippen LogP contribution in [0.25, 0.3) is 0 Å². The summed E-state index contributed by atoms with van der Waals surface area (Å²) in [6.07, 6.45) is 0.458. The van der Waals surface area contributed by atoms with Crippen LogP contribution in [0.2, 0.25) is 0 Å². The molecule has 4 rings (SSSR count). The summed E-state index contributed by atoms with van der Waals surface area (Å²) in [7, 11) is 0. The van der Waals surface area contributed by atoms with E-state index < -0.39 is 0 Å². The summed E-state index contributed by atoms with van der Waals surface area (Å²) in [4.78, 5) is 18.9. The van der Waals surface area contributed by atoms with Crippen molar-refractivity contribution in [3.63, 3.8) is 0 Å². The minimum absolute atomic E-state index is 0.0659. The molecule has 0 aromatic heterocycles. The number of aliphatic imine (C=N–C) groups is 1. The Morgan fingerprint density at radius 1 is 1.13 bits per heavy atom. The van der Waals surface area contributed by atoms with E-state index in [1.54, 1.807) is 0 Å². The molecule has 0 unspecified atom stereocenters. The number of fused-ring (bicyclic) bond motifs is 2. The molecule has 2 N–H and O–H groups in total. The van der Waals surface area contributed by atoms with Gasteiger partial charge in [0.25, 0.3) is 0 Å². The summed E-state index contributed by atoms with van der Waals surface area (Å²) in [5.41, 5.74) is 11.6. The number of amides is 1. The van der Waals surface area contributed by atoms with E-state index in [0.29, 0.717) is 25.3 Å². The van der Waals surface area contributed by atoms with Gasteiger partial charge in [0, 0.05) is 12.1 Å². The van der Waals surface area contributed by atoms with Crippen molar-refractivity contribution in [2.24, 2.45) is 10.7 Å². The number of nitrogens with two attached hydrogens (primary N) is 1. The third kappa shape index (κ3) is 2.31. The molecule has 2 aliphatic rings. The van der Waals surface area contributed by atoms with Crippen LogP contribution in [0.3, 0.4) is 0 Å². The average Bonchev–Trinajstić information content (AvgIpc) is 2.93. The summed E-state index contributed by atoms with van der Waals surface area (Å²) in [6.45, 7) is 3.35. The lowest BCUT2D eigenvalue weighted by atomic mass is 9.92. The van der Waals surface area contributed by atoms with Crippen molar-refractivity contribution < 1.29 is 4.79 Å². The molecule has 4 nitrogen and oxygen atoms in total. The molecule has 2 aromatic carbocycles. The van der Waals surface area contributed by atoms with Gasteiger partial charge in [-0.05, 0) is 35.2 Å². The second-order valence-corrected chi connectivity index (χ2v) is 6.26. The van der Waals surface area contributed by atoms with E-state index in [-0.39, 0.29) is 11.9 Å². The van der Waals surface area contributed by atoms with E-state index in [2.05, 4.69) is 36.2 Å². The molecule has 0 radical (unpaired) electrons. The summed E-state index contributed by atoms with van der Waals surface area (Å²) in [5.74, 6) is 0.794. The van der Waals surface area contributed by atoms with Crippen LogP contribution in [0, 0.1) is 0 Å². The summed E-state index contributed by atoms with van der Waals surface area (Å²) < 4.78 is 0. The van der Waals surface area contributed by atoms with Crippen molar-refractivity contribution in [2.75, 3.05) is 0 Å². The fourth-order valence-corrected chi connectivity index (χ4v) is 3.48.